The van der Waals surface area contributed by atoms with E-state index in [9.17, 15) is 4.79 Å². The predicted octanol–water partition coefficient (Wildman–Crippen LogP) is 3.56. The van der Waals surface area contributed by atoms with Crippen molar-refractivity contribution in [2.45, 2.75) is 13.0 Å². The molecule has 2 aromatic rings. The summed E-state index contributed by atoms with van der Waals surface area (Å²) in [5.41, 5.74) is 2.05. The van der Waals surface area contributed by atoms with E-state index in [0.717, 1.165) is 5.56 Å². The monoisotopic (exact) mass is 241 g/mol. The third kappa shape index (κ3) is 2.69. The van der Waals surface area contributed by atoms with Crippen molar-refractivity contribution in [1.82, 2.24) is 0 Å². The number of carboxylic acids is 1. The van der Waals surface area contributed by atoms with E-state index in [-0.39, 0.29) is 6.04 Å². The van der Waals surface area contributed by atoms with Crippen LogP contribution >= 0.6 is 0 Å². The molecule has 3 heteroatoms. The zero-order valence-corrected chi connectivity index (χ0v) is 10.1. The van der Waals surface area contributed by atoms with Crippen molar-refractivity contribution in [2.75, 3.05) is 5.32 Å². The molecule has 0 aliphatic heterocycles. The Morgan fingerprint density at radius 3 is 2.33 bits per heavy atom. The largest absolute Gasteiger partial charge is 0.478 e. The van der Waals surface area contributed by atoms with Gasteiger partial charge in [0.25, 0.3) is 0 Å². The minimum Gasteiger partial charge on any atom is -0.478 e. The number of hydrogen-bond donors (Lipinski definition) is 2. The van der Waals surface area contributed by atoms with Gasteiger partial charge in [0.1, 0.15) is 0 Å². The van der Waals surface area contributed by atoms with Crippen LogP contribution in [0, 0.1) is 0 Å². The molecule has 0 amide bonds. The third-order valence-corrected chi connectivity index (χ3v) is 2.83. The third-order valence-electron chi connectivity index (χ3n) is 2.83. The summed E-state index contributed by atoms with van der Waals surface area (Å²) >= 11 is 0. The number of anilines is 1. The molecule has 1 atom stereocenters. The van der Waals surface area contributed by atoms with Crippen LogP contribution in [-0.2, 0) is 0 Å². The molecule has 0 aliphatic rings. The van der Waals surface area contributed by atoms with Crippen LogP contribution in [0.5, 0.6) is 0 Å². The average Bonchev–Trinajstić information content (AvgIpc) is 2.40. The van der Waals surface area contributed by atoms with Gasteiger partial charge in [-0.05, 0) is 24.6 Å². The maximum Gasteiger partial charge on any atom is 0.337 e. The second kappa shape index (κ2) is 5.36. The summed E-state index contributed by atoms with van der Waals surface area (Å²) in [5.74, 6) is -0.918. The molecule has 0 fully saturated rings. The lowest BCUT2D eigenvalue weighted by Gasteiger charge is -2.17. The highest BCUT2D eigenvalue weighted by Gasteiger charge is 2.11. The van der Waals surface area contributed by atoms with Crippen molar-refractivity contribution in [3.8, 4) is 0 Å². The fourth-order valence-electron chi connectivity index (χ4n) is 1.85. The van der Waals surface area contributed by atoms with E-state index in [2.05, 4.69) is 5.32 Å². The van der Waals surface area contributed by atoms with Gasteiger partial charge in [-0.25, -0.2) is 4.79 Å². The topological polar surface area (TPSA) is 49.3 Å². The number of nitrogens with one attached hydrogen (secondary N) is 1. The first-order valence-corrected chi connectivity index (χ1v) is 5.82. The zero-order chi connectivity index (χ0) is 13.0. The van der Waals surface area contributed by atoms with Crippen molar-refractivity contribution < 1.29 is 9.90 Å². The maximum absolute atomic E-state index is 11.1. The highest BCUT2D eigenvalue weighted by Crippen LogP contribution is 2.22. The number of carboxylic acid groups (broad SMARTS) is 1. The van der Waals surface area contributed by atoms with E-state index in [1.807, 2.05) is 43.3 Å². The fraction of sp³-hybridized carbons (Fsp3) is 0.133. The first kappa shape index (κ1) is 12.2. The molecule has 0 unspecified atom stereocenters. The van der Waals surface area contributed by atoms with Crippen LogP contribution in [0.25, 0.3) is 0 Å². The Hall–Kier alpha value is -2.29. The molecule has 3 nitrogen and oxygen atoms in total. The lowest BCUT2D eigenvalue weighted by molar-refractivity contribution is 0.0698. The van der Waals surface area contributed by atoms with Crippen molar-refractivity contribution in [2.24, 2.45) is 0 Å². The van der Waals surface area contributed by atoms with Crippen LogP contribution in [0.2, 0.25) is 0 Å². The van der Waals surface area contributed by atoms with Gasteiger partial charge in [-0.3, -0.25) is 0 Å². The van der Waals surface area contributed by atoms with E-state index in [4.69, 9.17) is 5.11 Å². The minimum atomic E-state index is -0.918. The summed E-state index contributed by atoms with van der Waals surface area (Å²) in [6.07, 6.45) is 0. The average molecular weight is 241 g/mol. The van der Waals surface area contributed by atoms with Crippen molar-refractivity contribution >= 4 is 11.7 Å². The van der Waals surface area contributed by atoms with Crippen molar-refractivity contribution in [3.05, 3.63) is 65.7 Å². The second-order valence-electron chi connectivity index (χ2n) is 4.13. The number of carbonyl (C=O) groups is 1. The zero-order valence-electron chi connectivity index (χ0n) is 10.1. The van der Waals surface area contributed by atoms with E-state index in [1.54, 1.807) is 18.2 Å². The van der Waals surface area contributed by atoms with Gasteiger partial charge in [-0.2, -0.15) is 0 Å². The van der Waals surface area contributed by atoms with E-state index in [0.29, 0.717) is 11.3 Å². The van der Waals surface area contributed by atoms with Crippen molar-refractivity contribution in [3.63, 3.8) is 0 Å². The SMILES string of the molecule is C[C@@H](Nc1ccccc1C(=O)O)c1ccccc1. The Morgan fingerprint density at radius 1 is 1.06 bits per heavy atom. The second-order valence-corrected chi connectivity index (χ2v) is 4.13. The summed E-state index contributed by atoms with van der Waals surface area (Å²) in [6, 6.07) is 16.9. The lowest BCUT2D eigenvalue weighted by atomic mass is 10.1. The van der Waals surface area contributed by atoms with Gasteiger partial charge in [-0.1, -0.05) is 42.5 Å². The van der Waals surface area contributed by atoms with Crippen LogP contribution in [0.3, 0.4) is 0 Å². The van der Waals surface area contributed by atoms with Gasteiger partial charge in [-0.15, -0.1) is 0 Å². The molecule has 2 N–H and O–H groups in total. The Morgan fingerprint density at radius 2 is 1.67 bits per heavy atom. The number of rotatable bonds is 4. The van der Waals surface area contributed by atoms with Crippen LogP contribution in [-0.4, -0.2) is 11.1 Å². The Labute approximate surface area is 106 Å². The van der Waals surface area contributed by atoms with Crippen LogP contribution < -0.4 is 5.32 Å². The number of hydrogen-bond acceptors (Lipinski definition) is 2. The summed E-state index contributed by atoms with van der Waals surface area (Å²) in [5, 5.41) is 12.3. The minimum absolute atomic E-state index is 0.0618. The Bertz CT molecular complexity index is 537. The van der Waals surface area contributed by atoms with Gasteiger partial charge in [0.05, 0.1) is 5.56 Å². The Kier molecular flexibility index (Phi) is 3.63. The molecule has 0 spiro atoms. The van der Waals surface area contributed by atoms with E-state index < -0.39 is 5.97 Å². The smallest absolute Gasteiger partial charge is 0.337 e. The molecule has 0 bridgehead atoms. The van der Waals surface area contributed by atoms with Crippen molar-refractivity contribution in [1.29, 1.82) is 0 Å². The normalized spacial score (nSPS) is 11.8. The molecule has 0 saturated heterocycles. The quantitative estimate of drug-likeness (QED) is 0.860. The Balaban J connectivity index is 2.22. The standard InChI is InChI=1S/C15H15NO2/c1-11(12-7-3-2-4-8-12)16-14-10-6-5-9-13(14)15(17)18/h2-11,16H,1H3,(H,17,18)/t11-/m1/s1. The molecule has 0 aromatic heterocycles. The summed E-state index contributed by atoms with van der Waals surface area (Å²) in [4.78, 5) is 11.1. The van der Waals surface area contributed by atoms with Crippen LogP contribution in [0.4, 0.5) is 5.69 Å². The van der Waals surface area contributed by atoms with Gasteiger partial charge < -0.3 is 10.4 Å². The van der Waals surface area contributed by atoms with E-state index in [1.165, 1.54) is 0 Å². The van der Waals surface area contributed by atoms with Gasteiger partial charge in [0.2, 0.25) is 0 Å². The maximum atomic E-state index is 11.1. The molecule has 2 aromatic carbocycles. The van der Waals surface area contributed by atoms with Gasteiger partial charge in [0, 0.05) is 11.7 Å². The van der Waals surface area contributed by atoms with Crippen LogP contribution in [0.15, 0.2) is 54.6 Å². The first-order valence-electron chi connectivity index (χ1n) is 5.82. The van der Waals surface area contributed by atoms with Gasteiger partial charge in [0.15, 0.2) is 0 Å². The summed E-state index contributed by atoms with van der Waals surface area (Å²) in [7, 11) is 0. The molecule has 18 heavy (non-hydrogen) atoms. The number of para-hydroxylation sites is 1. The predicted molar refractivity (Wildman–Crippen MR) is 71.9 cm³/mol. The highest BCUT2D eigenvalue weighted by atomic mass is 16.4. The molecular weight excluding hydrogens is 226 g/mol. The fourth-order valence-corrected chi connectivity index (χ4v) is 1.85. The molecule has 0 radical (unpaired) electrons. The lowest BCUT2D eigenvalue weighted by Crippen LogP contribution is -2.10. The highest BCUT2D eigenvalue weighted by molar-refractivity contribution is 5.94. The molecule has 0 saturated carbocycles. The summed E-state index contributed by atoms with van der Waals surface area (Å²) < 4.78 is 0. The van der Waals surface area contributed by atoms with E-state index >= 15 is 0 Å². The molecule has 0 aliphatic carbocycles. The molecule has 92 valence electrons. The molecular formula is C15H15NO2. The summed E-state index contributed by atoms with van der Waals surface area (Å²) in [6.45, 7) is 2.01. The molecule has 2 rings (SSSR count). The van der Waals surface area contributed by atoms with Gasteiger partial charge >= 0.3 is 5.97 Å². The van der Waals surface area contributed by atoms with Crippen LogP contribution in [0.1, 0.15) is 28.9 Å². The number of aromatic carboxylic acids is 1. The first-order chi connectivity index (χ1) is 8.68. The number of benzene rings is 2. The molecule has 0 heterocycles.